The highest BCUT2D eigenvalue weighted by Gasteiger charge is 2.17. The van der Waals surface area contributed by atoms with E-state index < -0.39 is 0 Å². The molecule has 0 atom stereocenters. The van der Waals surface area contributed by atoms with E-state index in [2.05, 4.69) is 48.2 Å². The highest BCUT2D eigenvalue weighted by molar-refractivity contribution is 5.92. The molecule has 0 bridgehead atoms. The van der Waals surface area contributed by atoms with E-state index in [0.717, 1.165) is 11.3 Å². The van der Waals surface area contributed by atoms with Crippen LogP contribution >= 0.6 is 0 Å². The van der Waals surface area contributed by atoms with Crippen LogP contribution < -0.4 is 5.32 Å². The molecule has 1 N–H and O–H groups in total. The Morgan fingerprint density at radius 1 is 1.00 bits per heavy atom. The molecular formula is C24H28N4O. The molecular weight excluding hydrogens is 360 g/mol. The van der Waals surface area contributed by atoms with Gasteiger partial charge in [-0.05, 0) is 41.7 Å². The molecule has 0 aliphatic rings. The van der Waals surface area contributed by atoms with E-state index in [1.165, 1.54) is 5.56 Å². The molecule has 3 rings (SSSR count). The summed E-state index contributed by atoms with van der Waals surface area (Å²) in [6.45, 7) is 9.68. The van der Waals surface area contributed by atoms with Gasteiger partial charge < -0.3 is 10.2 Å². The van der Waals surface area contributed by atoms with Crippen LogP contribution in [0.25, 0.3) is 0 Å². The normalized spacial score (nSPS) is 11.2. The molecule has 0 radical (unpaired) electrons. The second kappa shape index (κ2) is 8.86. The van der Waals surface area contributed by atoms with Crippen molar-refractivity contribution in [2.45, 2.75) is 39.7 Å². The van der Waals surface area contributed by atoms with Gasteiger partial charge in [0, 0.05) is 25.0 Å². The highest BCUT2D eigenvalue weighted by atomic mass is 16.2. The van der Waals surface area contributed by atoms with Gasteiger partial charge in [0.05, 0.1) is 0 Å². The quantitative estimate of drug-likeness (QED) is 0.632. The Bertz CT molecular complexity index is 947. The predicted molar refractivity (Wildman–Crippen MR) is 117 cm³/mol. The van der Waals surface area contributed by atoms with Crippen LogP contribution in [0, 0.1) is 0 Å². The Kier molecular flexibility index (Phi) is 6.27. The van der Waals surface area contributed by atoms with Crippen molar-refractivity contribution >= 4 is 17.5 Å². The molecule has 0 aliphatic carbocycles. The second-order valence-corrected chi connectivity index (χ2v) is 8.02. The van der Waals surface area contributed by atoms with Gasteiger partial charge in [0.15, 0.2) is 0 Å². The van der Waals surface area contributed by atoms with Crippen LogP contribution in [0.2, 0.25) is 0 Å². The largest absolute Gasteiger partial charge is 0.333 e. The Hall–Kier alpha value is -3.21. The molecule has 2 aromatic carbocycles. The van der Waals surface area contributed by atoms with E-state index in [4.69, 9.17) is 0 Å². The fourth-order valence-electron chi connectivity index (χ4n) is 3.01. The van der Waals surface area contributed by atoms with Crippen molar-refractivity contribution in [3.63, 3.8) is 0 Å². The molecule has 0 fully saturated rings. The Labute approximate surface area is 172 Å². The van der Waals surface area contributed by atoms with Crippen LogP contribution in [0.4, 0.5) is 11.6 Å². The molecule has 150 valence electrons. The Morgan fingerprint density at radius 2 is 1.69 bits per heavy atom. The molecule has 0 saturated carbocycles. The topological polar surface area (TPSA) is 58.1 Å². The van der Waals surface area contributed by atoms with E-state index in [1.807, 2.05) is 49.4 Å². The summed E-state index contributed by atoms with van der Waals surface area (Å²) in [5.74, 6) is 0.306. The third-order valence-corrected chi connectivity index (χ3v) is 4.77. The lowest BCUT2D eigenvalue weighted by Gasteiger charge is -2.21. The van der Waals surface area contributed by atoms with Crippen molar-refractivity contribution < 1.29 is 4.79 Å². The van der Waals surface area contributed by atoms with E-state index in [-0.39, 0.29) is 11.3 Å². The van der Waals surface area contributed by atoms with Gasteiger partial charge in [0.25, 0.3) is 5.91 Å². The number of carbonyl (C=O) groups excluding carboxylic acids is 1. The van der Waals surface area contributed by atoms with Crippen molar-refractivity contribution in [3.8, 4) is 0 Å². The molecule has 1 aromatic heterocycles. The zero-order chi connectivity index (χ0) is 20.9. The summed E-state index contributed by atoms with van der Waals surface area (Å²) >= 11 is 0. The molecule has 0 spiro atoms. The van der Waals surface area contributed by atoms with E-state index in [9.17, 15) is 4.79 Å². The summed E-state index contributed by atoms with van der Waals surface area (Å²) < 4.78 is 0. The summed E-state index contributed by atoms with van der Waals surface area (Å²) in [4.78, 5) is 23.4. The smallest absolute Gasteiger partial charge is 0.272 e. The van der Waals surface area contributed by atoms with Gasteiger partial charge in [-0.15, -0.1) is 0 Å². The molecule has 0 unspecified atom stereocenters. The van der Waals surface area contributed by atoms with Crippen LogP contribution in [0.1, 0.15) is 49.3 Å². The number of nitrogens with one attached hydrogen (secondary N) is 1. The number of carbonyl (C=O) groups is 1. The molecule has 1 amide bonds. The van der Waals surface area contributed by atoms with Gasteiger partial charge in [0.2, 0.25) is 5.95 Å². The number of amides is 1. The number of hydrogen-bond acceptors (Lipinski definition) is 4. The first-order valence-corrected chi connectivity index (χ1v) is 9.90. The Balaban J connectivity index is 1.73. The van der Waals surface area contributed by atoms with Crippen molar-refractivity contribution in [3.05, 3.63) is 83.7 Å². The second-order valence-electron chi connectivity index (χ2n) is 8.02. The minimum atomic E-state index is -0.107. The van der Waals surface area contributed by atoms with E-state index in [0.29, 0.717) is 24.7 Å². The third kappa shape index (κ3) is 5.41. The average molecular weight is 389 g/mol. The highest BCUT2D eigenvalue weighted by Crippen LogP contribution is 2.24. The lowest BCUT2D eigenvalue weighted by molar-refractivity contribution is 0.0746. The lowest BCUT2D eigenvalue weighted by atomic mass is 9.87. The van der Waals surface area contributed by atoms with Crippen LogP contribution in [0.15, 0.2) is 66.9 Å². The van der Waals surface area contributed by atoms with E-state index >= 15 is 0 Å². The third-order valence-electron chi connectivity index (χ3n) is 4.77. The van der Waals surface area contributed by atoms with Gasteiger partial charge >= 0.3 is 0 Å². The average Bonchev–Trinajstić information content (AvgIpc) is 2.72. The number of benzene rings is 2. The number of aromatic nitrogens is 2. The maximum absolute atomic E-state index is 12.9. The number of rotatable bonds is 6. The minimum Gasteiger partial charge on any atom is -0.333 e. The monoisotopic (exact) mass is 388 g/mol. The first-order valence-electron chi connectivity index (χ1n) is 9.90. The fraction of sp³-hybridized carbons (Fsp3) is 0.292. The zero-order valence-electron chi connectivity index (χ0n) is 17.5. The number of anilines is 2. The molecule has 1 heterocycles. The van der Waals surface area contributed by atoms with Crippen LogP contribution in [-0.2, 0) is 12.0 Å². The first kappa shape index (κ1) is 20.5. The first-order chi connectivity index (χ1) is 13.9. The molecule has 29 heavy (non-hydrogen) atoms. The molecule has 3 aromatic rings. The van der Waals surface area contributed by atoms with Crippen molar-refractivity contribution in [1.29, 1.82) is 0 Å². The maximum atomic E-state index is 12.9. The maximum Gasteiger partial charge on any atom is 0.272 e. The summed E-state index contributed by atoms with van der Waals surface area (Å²) in [6, 6.07) is 19.8. The SMILES string of the molecule is CCN(Cc1ccccc1)C(=O)c1ccnc(Nc2ccc(C(C)(C)C)cc2)n1. The standard InChI is InChI=1S/C24H28N4O/c1-5-28(17-18-9-7-6-8-10-18)22(29)21-15-16-25-23(27-21)26-20-13-11-19(12-14-20)24(2,3)4/h6-16H,5,17H2,1-4H3,(H,25,26,27). The van der Waals surface area contributed by atoms with Gasteiger partial charge in [0.1, 0.15) is 5.69 Å². The lowest BCUT2D eigenvalue weighted by Crippen LogP contribution is -2.31. The number of hydrogen-bond donors (Lipinski definition) is 1. The summed E-state index contributed by atoms with van der Waals surface area (Å²) in [5.41, 5.74) is 3.72. The van der Waals surface area contributed by atoms with Gasteiger partial charge in [-0.25, -0.2) is 9.97 Å². The Morgan fingerprint density at radius 3 is 2.31 bits per heavy atom. The molecule has 5 heteroatoms. The van der Waals surface area contributed by atoms with Gasteiger partial charge in [-0.2, -0.15) is 0 Å². The van der Waals surface area contributed by atoms with Crippen LogP contribution in [-0.4, -0.2) is 27.3 Å². The van der Waals surface area contributed by atoms with Crippen molar-refractivity contribution in [2.24, 2.45) is 0 Å². The van der Waals surface area contributed by atoms with Crippen LogP contribution in [0.3, 0.4) is 0 Å². The molecule has 0 saturated heterocycles. The summed E-state index contributed by atoms with van der Waals surface area (Å²) in [6.07, 6.45) is 1.61. The van der Waals surface area contributed by atoms with Crippen LogP contribution in [0.5, 0.6) is 0 Å². The molecule has 0 aliphatic heterocycles. The predicted octanol–water partition coefficient (Wildman–Crippen LogP) is 5.18. The summed E-state index contributed by atoms with van der Waals surface area (Å²) in [5, 5.41) is 3.19. The van der Waals surface area contributed by atoms with E-state index in [1.54, 1.807) is 17.2 Å². The zero-order valence-corrected chi connectivity index (χ0v) is 17.5. The van der Waals surface area contributed by atoms with Crippen molar-refractivity contribution in [2.75, 3.05) is 11.9 Å². The van der Waals surface area contributed by atoms with Gasteiger partial charge in [-0.1, -0.05) is 63.2 Å². The van der Waals surface area contributed by atoms with Crippen molar-refractivity contribution in [1.82, 2.24) is 14.9 Å². The summed E-state index contributed by atoms with van der Waals surface area (Å²) in [7, 11) is 0. The van der Waals surface area contributed by atoms with Gasteiger partial charge in [-0.3, -0.25) is 4.79 Å². The number of nitrogens with zero attached hydrogens (tertiary/aromatic N) is 3. The molecule has 5 nitrogen and oxygen atoms in total. The fourth-order valence-corrected chi connectivity index (χ4v) is 3.01. The minimum absolute atomic E-state index is 0.101.